The average molecular weight is 570 g/mol. The molecular formula is C24H31F9O5. The molecule has 38 heavy (non-hydrogen) atoms. The van der Waals surface area contributed by atoms with Gasteiger partial charge < -0.3 is 14.2 Å². The van der Waals surface area contributed by atoms with Crippen LogP contribution >= 0.6 is 0 Å². The Kier molecular flexibility index (Phi) is 9.72. The molecule has 3 atom stereocenters. The zero-order valence-corrected chi connectivity index (χ0v) is 21.7. The van der Waals surface area contributed by atoms with Crippen molar-refractivity contribution in [2.45, 2.75) is 96.1 Å². The minimum atomic E-state index is -5.81. The summed E-state index contributed by atoms with van der Waals surface area (Å²) in [6, 6.07) is 0. The Balaban J connectivity index is 0.000000471. The molecule has 0 aromatic carbocycles. The van der Waals surface area contributed by atoms with E-state index in [-0.39, 0.29) is 18.3 Å². The minimum Gasteiger partial charge on any atom is -0.456 e. The van der Waals surface area contributed by atoms with Gasteiger partial charge in [-0.2, -0.15) is 39.5 Å². The van der Waals surface area contributed by atoms with Crippen molar-refractivity contribution in [3.63, 3.8) is 0 Å². The molecule has 0 N–H and O–H groups in total. The van der Waals surface area contributed by atoms with Crippen LogP contribution in [-0.4, -0.2) is 47.5 Å². The van der Waals surface area contributed by atoms with Gasteiger partial charge in [-0.25, -0.2) is 9.59 Å². The molecule has 5 nitrogen and oxygen atoms in total. The van der Waals surface area contributed by atoms with Gasteiger partial charge in [0.05, 0.1) is 0 Å². The third kappa shape index (κ3) is 9.11. The Morgan fingerprint density at radius 2 is 1.24 bits per heavy atom. The van der Waals surface area contributed by atoms with Crippen LogP contribution in [0, 0.1) is 17.8 Å². The van der Waals surface area contributed by atoms with E-state index in [2.05, 4.69) is 20.8 Å². The van der Waals surface area contributed by atoms with E-state index >= 15 is 0 Å². The molecule has 2 aliphatic carbocycles. The van der Waals surface area contributed by atoms with Gasteiger partial charge in [0.25, 0.3) is 0 Å². The number of hydrogen-bond donors (Lipinski definition) is 0. The molecule has 1 saturated carbocycles. The summed E-state index contributed by atoms with van der Waals surface area (Å²) >= 11 is 0. The molecule has 0 aromatic rings. The number of fused-ring (bicyclic) bond motifs is 2. The van der Waals surface area contributed by atoms with Gasteiger partial charge in [0.15, 0.2) is 0 Å². The van der Waals surface area contributed by atoms with Crippen molar-refractivity contribution in [3.05, 3.63) is 24.3 Å². The molecule has 0 heterocycles. The number of esters is 1. The van der Waals surface area contributed by atoms with Crippen LogP contribution in [0.5, 0.6) is 0 Å². The maximum atomic E-state index is 13.5. The van der Waals surface area contributed by atoms with Crippen LogP contribution in [0.3, 0.4) is 0 Å². The number of rotatable bonds is 4. The van der Waals surface area contributed by atoms with Crippen LogP contribution < -0.4 is 0 Å². The summed E-state index contributed by atoms with van der Waals surface area (Å²) in [5, 5.41) is 0. The standard InChI is InChI=1S/C16H20F6O3.C8H11F3O2/c1-13(2,3)24-12(23)25-14(15(17,18)19,16(20,21)22)8-11-7-9-4-5-10(11)6-9;1-5(8(9,10)11)6(12)13-7(2,3)4/h4-5,9-11H,6-8H2,1-3H3;1H2,2-4H3. The highest BCUT2D eigenvalue weighted by Crippen LogP contribution is 2.55. The molecule has 3 unspecified atom stereocenters. The zero-order chi connectivity index (χ0) is 30.1. The van der Waals surface area contributed by atoms with E-state index < -0.39 is 65.4 Å². The van der Waals surface area contributed by atoms with E-state index in [1.165, 1.54) is 41.5 Å². The summed E-state index contributed by atoms with van der Waals surface area (Å²) in [5.41, 5.74) is -8.28. The lowest BCUT2D eigenvalue weighted by Crippen LogP contribution is -2.61. The maximum absolute atomic E-state index is 13.5. The fourth-order valence-corrected chi connectivity index (χ4v) is 3.92. The van der Waals surface area contributed by atoms with Crippen molar-refractivity contribution in [1.82, 2.24) is 0 Å². The van der Waals surface area contributed by atoms with Crippen LogP contribution in [0.1, 0.15) is 60.8 Å². The van der Waals surface area contributed by atoms with Crippen molar-refractivity contribution in [1.29, 1.82) is 0 Å². The molecule has 2 rings (SSSR count). The lowest BCUT2D eigenvalue weighted by molar-refractivity contribution is -0.374. The SMILES string of the molecule is C=C(C(=O)OC(C)(C)C)C(F)(F)F.CC(C)(C)OC(=O)OC(CC1CC2C=CC1C2)(C(F)(F)F)C(F)(F)F. The smallest absolute Gasteiger partial charge is 0.456 e. The third-order valence-corrected chi connectivity index (χ3v) is 5.52. The second kappa shape index (κ2) is 11.0. The highest BCUT2D eigenvalue weighted by atomic mass is 19.4. The largest absolute Gasteiger partial charge is 0.510 e. The molecule has 14 heteroatoms. The molecule has 2 bridgehead atoms. The Morgan fingerprint density at radius 3 is 1.55 bits per heavy atom. The van der Waals surface area contributed by atoms with Gasteiger partial charge in [-0.15, -0.1) is 0 Å². The number of alkyl halides is 9. The monoisotopic (exact) mass is 570 g/mol. The zero-order valence-electron chi connectivity index (χ0n) is 21.7. The molecule has 0 aliphatic heterocycles. The van der Waals surface area contributed by atoms with Crippen molar-refractivity contribution < 1.29 is 63.3 Å². The number of hydrogen-bond acceptors (Lipinski definition) is 5. The van der Waals surface area contributed by atoms with Crippen molar-refractivity contribution >= 4 is 12.1 Å². The van der Waals surface area contributed by atoms with Crippen molar-refractivity contribution in [2.24, 2.45) is 17.8 Å². The highest BCUT2D eigenvalue weighted by molar-refractivity contribution is 5.89. The summed E-state index contributed by atoms with van der Waals surface area (Å²) in [5.74, 6) is -2.67. The van der Waals surface area contributed by atoms with Gasteiger partial charge in [0.2, 0.25) is 0 Å². The average Bonchev–Trinajstić information content (AvgIpc) is 3.24. The van der Waals surface area contributed by atoms with E-state index in [0.29, 0.717) is 6.42 Å². The van der Waals surface area contributed by atoms with Gasteiger partial charge in [0, 0.05) is 6.42 Å². The second-order valence-electron chi connectivity index (χ2n) is 11.1. The topological polar surface area (TPSA) is 61.8 Å². The first-order valence-electron chi connectivity index (χ1n) is 11.4. The summed E-state index contributed by atoms with van der Waals surface area (Å²) in [7, 11) is 0. The van der Waals surface area contributed by atoms with Gasteiger partial charge in [0.1, 0.15) is 16.8 Å². The van der Waals surface area contributed by atoms with Crippen LogP contribution in [0.25, 0.3) is 0 Å². The van der Waals surface area contributed by atoms with Gasteiger partial charge in [-0.05, 0) is 72.1 Å². The minimum absolute atomic E-state index is 0.0179. The van der Waals surface area contributed by atoms with Crippen LogP contribution in [0.2, 0.25) is 0 Å². The van der Waals surface area contributed by atoms with E-state index in [1.54, 1.807) is 12.2 Å². The Morgan fingerprint density at radius 1 is 0.763 bits per heavy atom. The molecule has 220 valence electrons. The maximum Gasteiger partial charge on any atom is 0.510 e. The van der Waals surface area contributed by atoms with Gasteiger partial charge >= 0.3 is 36.3 Å². The van der Waals surface area contributed by atoms with Crippen LogP contribution in [0.4, 0.5) is 44.3 Å². The van der Waals surface area contributed by atoms with Gasteiger partial charge in [-0.1, -0.05) is 18.7 Å². The fourth-order valence-electron chi connectivity index (χ4n) is 3.92. The molecule has 1 fully saturated rings. The summed E-state index contributed by atoms with van der Waals surface area (Å²) in [6.45, 7) is 11.0. The van der Waals surface area contributed by atoms with Crippen molar-refractivity contribution in [2.75, 3.05) is 0 Å². The first-order valence-corrected chi connectivity index (χ1v) is 11.4. The third-order valence-electron chi connectivity index (χ3n) is 5.52. The summed E-state index contributed by atoms with van der Waals surface area (Å²) in [6.07, 6.45) is -15.5. The molecule has 0 saturated heterocycles. The summed E-state index contributed by atoms with van der Waals surface area (Å²) in [4.78, 5) is 22.4. The number of allylic oxidation sites excluding steroid dienone is 2. The molecular weight excluding hydrogens is 539 g/mol. The molecule has 0 amide bonds. The Bertz CT molecular complexity index is 889. The molecule has 2 aliphatic rings. The van der Waals surface area contributed by atoms with E-state index in [4.69, 9.17) is 0 Å². The van der Waals surface area contributed by atoms with E-state index in [9.17, 15) is 49.1 Å². The first-order chi connectivity index (χ1) is 16.7. The van der Waals surface area contributed by atoms with Gasteiger partial charge in [-0.3, -0.25) is 0 Å². The van der Waals surface area contributed by atoms with Crippen LogP contribution in [0.15, 0.2) is 24.3 Å². The molecule has 0 aromatic heterocycles. The number of carbonyl (C=O) groups excluding carboxylic acids is 2. The fraction of sp³-hybridized carbons (Fsp3) is 0.750. The molecule has 0 radical (unpaired) electrons. The normalized spacial score (nSPS) is 21.9. The van der Waals surface area contributed by atoms with Crippen molar-refractivity contribution in [3.8, 4) is 0 Å². The predicted octanol–water partition coefficient (Wildman–Crippen LogP) is 7.85. The number of carbonyl (C=O) groups is 2. The Labute approximate surface area is 214 Å². The molecule has 0 spiro atoms. The van der Waals surface area contributed by atoms with E-state index in [1.807, 2.05) is 0 Å². The quantitative estimate of drug-likeness (QED) is 0.149. The lowest BCUT2D eigenvalue weighted by Gasteiger charge is -2.39. The number of halogens is 9. The Hall–Kier alpha value is -2.41. The lowest BCUT2D eigenvalue weighted by atomic mass is 9.81. The number of ether oxygens (including phenoxy) is 3. The summed E-state index contributed by atoms with van der Waals surface area (Å²) < 4.78 is 130. The van der Waals surface area contributed by atoms with E-state index in [0.717, 1.165) is 0 Å². The highest BCUT2D eigenvalue weighted by Gasteiger charge is 2.75. The predicted molar refractivity (Wildman–Crippen MR) is 117 cm³/mol. The first kappa shape index (κ1) is 33.6. The second-order valence-corrected chi connectivity index (χ2v) is 11.1. The van der Waals surface area contributed by atoms with Crippen LogP contribution in [-0.2, 0) is 19.0 Å².